The third-order valence-electron chi connectivity index (χ3n) is 8.49. The smallest absolute Gasteiger partial charge is 0.409 e. The molecule has 4 rings (SSSR count). The SMILES string of the molecule is COC(=O)N1CCCCC12CCC(O)C(=O)C2CCO[Si](c1ccccc1)(c1ccccc1)C(C)(C)C. The van der Waals surface area contributed by atoms with Crippen LogP contribution in [0.3, 0.4) is 0 Å². The number of methoxy groups -OCH3 is 1. The highest BCUT2D eigenvalue weighted by atomic mass is 28.4. The fourth-order valence-electron chi connectivity index (χ4n) is 6.77. The second kappa shape index (κ2) is 11.1. The van der Waals surface area contributed by atoms with Crippen LogP contribution in [0, 0.1) is 5.92 Å². The number of aliphatic hydroxyl groups excluding tert-OH is 1. The van der Waals surface area contributed by atoms with E-state index in [1.54, 1.807) is 4.90 Å². The van der Waals surface area contributed by atoms with Gasteiger partial charge in [0, 0.05) is 19.1 Å². The Morgan fingerprint density at radius 1 is 1.03 bits per heavy atom. The molecule has 2 aromatic rings. The predicted molar refractivity (Wildman–Crippen MR) is 148 cm³/mol. The standard InChI is InChI=1S/C30H41NO5Si/c1-29(2,3)37(23-13-7-5-8-14-23,24-15-9-6-10-16-24)36-22-18-25-27(33)26(32)17-20-30(25)19-11-12-21-31(30)28(34)35-4/h5-10,13-16,25-26,32H,11-12,17-22H2,1-4H3. The lowest BCUT2D eigenvalue weighted by Gasteiger charge is -2.53. The van der Waals surface area contributed by atoms with Crippen LogP contribution < -0.4 is 10.4 Å². The molecule has 2 fully saturated rings. The summed E-state index contributed by atoms with van der Waals surface area (Å²) in [6.07, 6.45) is 2.61. The molecule has 200 valence electrons. The largest absolute Gasteiger partial charge is 0.453 e. The van der Waals surface area contributed by atoms with Crippen molar-refractivity contribution in [3.05, 3.63) is 60.7 Å². The number of aliphatic hydroxyl groups is 1. The maximum Gasteiger partial charge on any atom is 0.409 e. The van der Waals surface area contributed by atoms with Gasteiger partial charge in [-0.3, -0.25) is 4.79 Å². The van der Waals surface area contributed by atoms with Crippen LogP contribution in [0.1, 0.15) is 59.3 Å². The third-order valence-corrected chi connectivity index (χ3v) is 13.5. The molecule has 1 saturated heterocycles. The second-order valence-electron chi connectivity index (χ2n) is 11.5. The number of Topliss-reactive ketones (excluding diaryl/α,β-unsaturated/α-hetero) is 1. The number of benzene rings is 2. The van der Waals surface area contributed by atoms with E-state index in [0.717, 1.165) is 19.3 Å². The zero-order valence-electron chi connectivity index (χ0n) is 22.6. The Bertz CT molecular complexity index is 1030. The average Bonchev–Trinajstić information content (AvgIpc) is 2.91. The fourth-order valence-corrected chi connectivity index (χ4v) is 11.3. The topological polar surface area (TPSA) is 76.1 Å². The number of carbonyl (C=O) groups excluding carboxylic acids is 2. The summed E-state index contributed by atoms with van der Waals surface area (Å²) in [5.74, 6) is -0.665. The summed E-state index contributed by atoms with van der Waals surface area (Å²) >= 11 is 0. The summed E-state index contributed by atoms with van der Waals surface area (Å²) in [4.78, 5) is 28.1. The molecule has 3 unspecified atom stereocenters. The zero-order valence-corrected chi connectivity index (χ0v) is 23.6. The molecule has 3 atom stereocenters. The summed E-state index contributed by atoms with van der Waals surface area (Å²) in [5.41, 5.74) is -0.629. The molecule has 6 nitrogen and oxygen atoms in total. The molecule has 1 amide bonds. The van der Waals surface area contributed by atoms with E-state index in [9.17, 15) is 14.7 Å². The van der Waals surface area contributed by atoms with Gasteiger partial charge in [-0.05, 0) is 53.9 Å². The molecule has 0 aromatic heterocycles. The number of nitrogens with zero attached hydrogens (tertiary/aromatic N) is 1. The Morgan fingerprint density at radius 2 is 1.62 bits per heavy atom. The van der Waals surface area contributed by atoms with Gasteiger partial charge in [0.15, 0.2) is 5.78 Å². The lowest BCUT2D eigenvalue weighted by molar-refractivity contribution is -0.146. The molecular formula is C30H41NO5Si. The highest BCUT2D eigenvalue weighted by molar-refractivity contribution is 6.99. The number of likely N-dealkylation sites (tertiary alicyclic amines) is 1. The summed E-state index contributed by atoms with van der Waals surface area (Å²) in [6, 6.07) is 20.9. The Labute approximate surface area is 222 Å². The first-order valence-corrected chi connectivity index (χ1v) is 15.4. The van der Waals surface area contributed by atoms with Gasteiger partial charge >= 0.3 is 6.09 Å². The summed E-state index contributed by atoms with van der Waals surface area (Å²) < 4.78 is 12.2. The van der Waals surface area contributed by atoms with E-state index < -0.39 is 25.9 Å². The molecule has 37 heavy (non-hydrogen) atoms. The van der Waals surface area contributed by atoms with Gasteiger partial charge in [-0.1, -0.05) is 81.4 Å². The number of rotatable bonds is 6. The fraction of sp³-hybridized carbons (Fsp3) is 0.533. The summed E-state index contributed by atoms with van der Waals surface area (Å²) in [7, 11) is -1.36. The first kappa shape index (κ1) is 27.5. The molecule has 1 N–H and O–H groups in total. The van der Waals surface area contributed by atoms with E-state index in [4.69, 9.17) is 9.16 Å². The number of piperidine rings is 1. The molecule has 0 radical (unpaired) electrons. The van der Waals surface area contributed by atoms with Crippen molar-refractivity contribution in [1.29, 1.82) is 0 Å². The van der Waals surface area contributed by atoms with E-state index in [1.165, 1.54) is 17.5 Å². The van der Waals surface area contributed by atoms with Crippen molar-refractivity contribution in [2.45, 2.75) is 76.0 Å². The molecule has 1 heterocycles. The van der Waals surface area contributed by atoms with Gasteiger partial charge in [0.2, 0.25) is 0 Å². The van der Waals surface area contributed by atoms with Gasteiger partial charge in [0.1, 0.15) is 6.10 Å². The Morgan fingerprint density at radius 3 is 2.16 bits per heavy atom. The normalized spacial score (nSPS) is 24.8. The van der Waals surface area contributed by atoms with Gasteiger partial charge < -0.3 is 19.2 Å². The zero-order chi connectivity index (χ0) is 26.7. The van der Waals surface area contributed by atoms with E-state index in [-0.39, 0.29) is 16.9 Å². The van der Waals surface area contributed by atoms with Gasteiger partial charge in [0.05, 0.1) is 12.6 Å². The highest BCUT2D eigenvalue weighted by Crippen LogP contribution is 2.45. The first-order chi connectivity index (χ1) is 17.7. The minimum atomic E-state index is -2.76. The van der Waals surface area contributed by atoms with Crippen molar-refractivity contribution in [3.63, 3.8) is 0 Å². The molecule has 1 spiro atoms. The third kappa shape index (κ3) is 5.01. The Balaban J connectivity index is 1.70. The van der Waals surface area contributed by atoms with E-state index in [1.807, 2.05) is 12.1 Å². The molecule has 7 heteroatoms. The van der Waals surface area contributed by atoms with Crippen LogP contribution in [-0.4, -0.2) is 62.1 Å². The van der Waals surface area contributed by atoms with Gasteiger partial charge in [-0.2, -0.15) is 0 Å². The van der Waals surface area contributed by atoms with Gasteiger partial charge in [0.25, 0.3) is 8.32 Å². The lowest BCUT2D eigenvalue weighted by atomic mass is 9.65. The number of ether oxygens (including phenoxy) is 1. The van der Waals surface area contributed by atoms with Crippen molar-refractivity contribution in [2.24, 2.45) is 5.92 Å². The molecule has 1 saturated carbocycles. The number of hydrogen-bond acceptors (Lipinski definition) is 5. The van der Waals surface area contributed by atoms with Gasteiger partial charge in [-0.15, -0.1) is 0 Å². The number of hydrogen-bond donors (Lipinski definition) is 1. The second-order valence-corrected chi connectivity index (χ2v) is 15.8. The summed E-state index contributed by atoms with van der Waals surface area (Å²) in [5, 5.41) is 12.8. The maximum absolute atomic E-state index is 13.5. The number of amides is 1. The average molecular weight is 524 g/mol. The van der Waals surface area contributed by atoms with Crippen LogP contribution in [-0.2, 0) is 14.0 Å². The monoisotopic (exact) mass is 523 g/mol. The van der Waals surface area contributed by atoms with E-state index >= 15 is 0 Å². The van der Waals surface area contributed by atoms with Crippen molar-refractivity contribution in [2.75, 3.05) is 20.3 Å². The van der Waals surface area contributed by atoms with Crippen molar-refractivity contribution < 1.29 is 23.9 Å². The number of carbonyl (C=O) groups is 2. The van der Waals surface area contributed by atoms with Crippen LogP contribution in [0.5, 0.6) is 0 Å². The molecule has 1 aliphatic heterocycles. The Kier molecular flexibility index (Phi) is 8.26. The van der Waals surface area contributed by atoms with E-state index in [2.05, 4.69) is 69.3 Å². The van der Waals surface area contributed by atoms with Crippen LogP contribution in [0.4, 0.5) is 4.79 Å². The minimum Gasteiger partial charge on any atom is -0.453 e. The van der Waals surface area contributed by atoms with Crippen molar-refractivity contribution in [3.8, 4) is 0 Å². The summed E-state index contributed by atoms with van der Waals surface area (Å²) in [6.45, 7) is 7.64. The van der Waals surface area contributed by atoms with Crippen LogP contribution in [0.15, 0.2) is 60.7 Å². The molecular weight excluding hydrogens is 482 g/mol. The van der Waals surface area contributed by atoms with Crippen LogP contribution in [0.2, 0.25) is 5.04 Å². The molecule has 1 aliphatic carbocycles. The van der Waals surface area contributed by atoms with Crippen molar-refractivity contribution >= 4 is 30.6 Å². The Hall–Kier alpha value is -2.48. The lowest BCUT2D eigenvalue weighted by Crippen LogP contribution is -2.67. The predicted octanol–water partition coefficient (Wildman–Crippen LogP) is 4.28. The molecule has 0 bridgehead atoms. The van der Waals surface area contributed by atoms with Crippen molar-refractivity contribution in [1.82, 2.24) is 4.90 Å². The quantitative estimate of drug-likeness (QED) is 0.572. The number of ketones is 1. The van der Waals surface area contributed by atoms with Gasteiger partial charge in [-0.25, -0.2) is 4.79 Å². The molecule has 2 aliphatic rings. The first-order valence-electron chi connectivity index (χ1n) is 13.5. The maximum atomic E-state index is 13.5. The van der Waals surface area contributed by atoms with Crippen LogP contribution >= 0.6 is 0 Å². The molecule has 2 aromatic carbocycles. The van der Waals surface area contributed by atoms with Crippen LogP contribution in [0.25, 0.3) is 0 Å². The van der Waals surface area contributed by atoms with E-state index in [0.29, 0.717) is 32.4 Å². The highest BCUT2D eigenvalue weighted by Gasteiger charge is 2.55. The minimum absolute atomic E-state index is 0.173.